The maximum Gasteiger partial charge on any atom is 0.358 e. The minimum Gasteiger partial charge on any atom is -0.201 e. The predicted molar refractivity (Wildman–Crippen MR) is 86.3 cm³/mol. The number of halogens is 16. The third kappa shape index (κ3) is 7.22. The molecule has 0 radical (unpaired) electrons. The summed E-state index contributed by atoms with van der Waals surface area (Å²) in [5, 5.41) is -4.01. The van der Waals surface area contributed by atoms with E-state index in [4.69, 9.17) is 58.0 Å². The molecule has 22 heavy (non-hydrogen) atoms. The molecule has 0 fully saturated rings. The highest BCUT2D eigenvalue weighted by Crippen LogP contribution is 2.55. The van der Waals surface area contributed by atoms with Crippen LogP contribution >= 0.6 is 128 Å². The molecule has 0 heterocycles. The number of alkyl halides is 16. The van der Waals surface area contributed by atoms with E-state index in [1.54, 1.807) is 0 Å². The van der Waals surface area contributed by atoms with E-state index in [2.05, 4.69) is 69.6 Å². The van der Waals surface area contributed by atoms with Gasteiger partial charge >= 0.3 is 15.9 Å². The number of hydrogen-bond acceptors (Lipinski definition) is 0. The number of hydrogen-bond donors (Lipinski definition) is 0. The maximum atomic E-state index is 12.4. The van der Waals surface area contributed by atoms with Crippen LogP contribution in [0.15, 0.2) is 0 Å². The molecule has 0 N–H and O–H groups in total. The molecule has 0 nitrogen and oxygen atoms in total. The smallest absolute Gasteiger partial charge is 0.201 e. The Balaban J connectivity index is 0. The van der Waals surface area contributed by atoms with Gasteiger partial charge in [-0.05, 0) is 11.6 Å². The molecule has 0 atom stereocenters. The van der Waals surface area contributed by atoms with Crippen LogP contribution < -0.4 is 0 Å². The molecule has 0 spiro atoms. The predicted octanol–water partition coefficient (Wildman–Crippen LogP) is 8.45. The first kappa shape index (κ1) is 27.1. The minimum absolute atomic E-state index is 2.55. The van der Waals surface area contributed by atoms with E-state index in [1.165, 1.54) is 0 Å². The van der Waals surface area contributed by atoms with Crippen molar-refractivity contribution in [3.63, 3.8) is 0 Å². The zero-order valence-corrected chi connectivity index (χ0v) is 17.4. The van der Waals surface area contributed by atoms with E-state index in [1.807, 2.05) is 0 Å². The molecule has 16 heteroatoms. The fourth-order valence-electron chi connectivity index (χ4n) is 0.321. The van der Waals surface area contributed by atoms with Crippen molar-refractivity contribution in [3.05, 3.63) is 0 Å². The monoisotopic (exact) mass is 552 g/mol. The van der Waals surface area contributed by atoms with Crippen molar-refractivity contribution in [1.82, 2.24) is 0 Å². The first-order valence-electron chi connectivity index (χ1n) is 4.02. The van der Waals surface area contributed by atoms with Crippen molar-refractivity contribution in [2.24, 2.45) is 0 Å². The summed E-state index contributed by atoms with van der Waals surface area (Å²) in [6.07, 6.45) is 0. The van der Waals surface area contributed by atoms with Gasteiger partial charge < -0.3 is 0 Å². The lowest BCUT2D eigenvalue weighted by Crippen LogP contribution is -2.46. The first-order chi connectivity index (χ1) is 9.00. The lowest BCUT2D eigenvalue weighted by Gasteiger charge is -2.30. The van der Waals surface area contributed by atoms with E-state index >= 15 is 0 Å². The van der Waals surface area contributed by atoms with Crippen molar-refractivity contribution in [3.8, 4) is 0 Å². The van der Waals surface area contributed by atoms with Gasteiger partial charge in [-0.15, -0.1) is 0 Å². The van der Waals surface area contributed by atoms with Gasteiger partial charge in [0.05, 0.1) is 0 Å². The van der Waals surface area contributed by atoms with Crippen LogP contribution in [0.2, 0.25) is 0 Å². The average molecular weight is 557 g/mol. The van der Waals surface area contributed by atoms with E-state index in [-0.39, 0.29) is 0 Å². The van der Waals surface area contributed by atoms with Crippen molar-refractivity contribution in [2.75, 3.05) is 0 Å². The van der Waals surface area contributed by atoms with Gasteiger partial charge in [-0.1, -0.05) is 116 Å². The quantitative estimate of drug-likeness (QED) is 0.236. The molecule has 0 aromatic heterocycles. The zero-order valence-electron chi connectivity index (χ0n) is 9.05. The second-order valence-electron chi connectivity index (χ2n) is 3.14. The van der Waals surface area contributed by atoms with Gasteiger partial charge in [0.25, 0.3) is 3.79 Å². The zero-order chi connectivity index (χ0) is 19.0. The fourth-order valence-corrected chi connectivity index (χ4v) is 1.93. The van der Waals surface area contributed by atoms with Crippen LogP contribution in [-0.4, -0.2) is 27.8 Å². The molecule has 0 aromatic rings. The van der Waals surface area contributed by atoms with Crippen LogP contribution in [0, 0.1) is 0 Å². The van der Waals surface area contributed by atoms with Gasteiger partial charge in [-0.3, -0.25) is 0 Å². The van der Waals surface area contributed by atoms with Crippen LogP contribution in [0.25, 0.3) is 0 Å². The van der Waals surface area contributed by atoms with Crippen LogP contribution in [0.3, 0.4) is 0 Å². The molecule has 0 unspecified atom stereocenters. The minimum atomic E-state index is -4.46. The van der Waals surface area contributed by atoms with Gasteiger partial charge in [0.15, 0.2) is 0 Å². The van der Waals surface area contributed by atoms with Crippen molar-refractivity contribution in [2.45, 2.75) is 27.8 Å². The molecule has 0 saturated carbocycles. The third-order valence-corrected chi connectivity index (χ3v) is 5.56. The molecule has 0 saturated heterocycles. The molecule has 0 aromatic carbocycles. The summed E-state index contributed by atoms with van der Waals surface area (Å²) in [6.45, 7) is 0. The topological polar surface area (TPSA) is 0 Å². The highest BCUT2D eigenvalue weighted by Gasteiger charge is 2.65. The largest absolute Gasteiger partial charge is 0.358 e. The fraction of sp³-hybridized carbons (Fsp3) is 1.00. The Labute approximate surface area is 176 Å². The van der Waals surface area contributed by atoms with E-state index < -0.39 is 27.8 Å². The van der Waals surface area contributed by atoms with Crippen molar-refractivity contribution in [1.29, 1.82) is 0 Å². The third-order valence-electron chi connectivity index (χ3n) is 1.42. The molecular formula is C6Cl11F5. The Kier molecular flexibility index (Phi) is 10.1. The molecular weight excluding hydrogens is 557 g/mol. The molecule has 0 aliphatic heterocycles. The summed E-state index contributed by atoms with van der Waals surface area (Å²) in [6, 6.07) is 0. The lowest BCUT2D eigenvalue weighted by molar-refractivity contribution is -0.0546. The SMILES string of the molecule is FC(Cl)(Cl)C(F)(F)C(Cl)(Cl)Cl.FC(F)(Cl)C(Cl)(Cl)C(Cl)(Cl)Cl. The summed E-state index contributed by atoms with van der Waals surface area (Å²) in [4.78, 5) is 0. The molecule has 0 aliphatic rings. The van der Waals surface area contributed by atoms with Gasteiger partial charge in [0, 0.05) is 0 Å². The highest BCUT2D eigenvalue weighted by molar-refractivity contribution is 6.76. The molecule has 0 aliphatic carbocycles. The van der Waals surface area contributed by atoms with Crippen LogP contribution in [0.4, 0.5) is 22.0 Å². The number of rotatable bonds is 2. The second kappa shape index (κ2) is 8.24. The summed E-state index contributed by atoms with van der Waals surface area (Å²) in [5.41, 5.74) is 0. The lowest BCUT2D eigenvalue weighted by atomic mass is 10.4. The summed E-state index contributed by atoms with van der Waals surface area (Å²) >= 11 is 52.3. The Morgan fingerprint density at radius 1 is 0.455 bits per heavy atom. The average Bonchev–Trinajstić information content (AvgIpc) is 2.10. The Morgan fingerprint density at radius 3 is 0.727 bits per heavy atom. The molecule has 0 rings (SSSR count). The second-order valence-corrected chi connectivity index (χ2v) is 10.7. The molecule has 136 valence electrons. The van der Waals surface area contributed by atoms with E-state index in [0.717, 1.165) is 0 Å². The first-order valence-corrected chi connectivity index (χ1v) is 8.18. The molecule has 0 amide bonds. The highest BCUT2D eigenvalue weighted by atomic mass is 35.6. The maximum absolute atomic E-state index is 12.4. The van der Waals surface area contributed by atoms with Gasteiger partial charge in [0.2, 0.25) is 8.13 Å². The normalized spacial score (nSPS) is 15.3. The van der Waals surface area contributed by atoms with Crippen LogP contribution in [0.5, 0.6) is 0 Å². The molecule has 0 bridgehead atoms. The van der Waals surface area contributed by atoms with E-state index in [9.17, 15) is 22.0 Å². The summed E-state index contributed by atoms with van der Waals surface area (Å²) in [7, 11) is 0. The Morgan fingerprint density at radius 2 is 0.727 bits per heavy atom. The Bertz CT molecular complexity index is 291. The van der Waals surface area contributed by atoms with Crippen molar-refractivity contribution < 1.29 is 22.0 Å². The van der Waals surface area contributed by atoms with E-state index in [0.29, 0.717) is 0 Å². The summed E-state index contributed by atoms with van der Waals surface area (Å²) < 4.78 is 48.9. The Hall–Kier alpha value is 2.84. The van der Waals surface area contributed by atoms with Gasteiger partial charge in [-0.25, -0.2) is 4.39 Å². The van der Waals surface area contributed by atoms with Gasteiger partial charge in [-0.2, -0.15) is 17.6 Å². The van der Waals surface area contributed by atoms with Crippen LogP contribution in [-0.2, 0) is 0 Å². The van der Waals surface area contributed by atoms with Gasteiger partial charge in [0.1, 0.15) is 0 Å². The van der Waals surface area contributed by atoms with Crippen LogP contribution in [0.1, 0.15) is 0 Å². The standard InChI is InChI=1S/C3Cl6F2.C3Cl5F3/c4-1(5,2(6,7)8)3(9,10)11;4-2(5,6)1(9,10)3(7,8)11. The van der Waals surface area contributed by atoms with Crippen molar-refractivity contribution >= 4 is 128 Å². The summed E-state index contributed by atoms with van der Waals surface area (Å²) in [5.74, 6) is -4.46.